The summed E-state index contributed by atoms with van der Waals surface area (Å²) in [5, 5.41) is 3.64. The van der Waals surface area contributed by atoms with Gasteiger partial charge < -0.3 is 5.32 Å². The van der Waals surface area contributed by atoms with Crippen molar-refractivity contribution in [1.29, 1.82) is 0 Å². The zero-order valence-electron chi connectivity index (χ0n) is 10.6. The standard InChI is InChI=1S/C13H26N2S/c1-2-8-15(10-12-5-3-7-14-12)13-6-4-9-16-11-13/h12-14H,2-11H2,1H3. The second-order valence-corrected chi connectivity index (χ2v) is 6.31. The molecule has 2 heterocycles. The molecule has 0 amide bonds. The highest BCUT2D eigenvalue weighted by Gasteiger charge is 2.24. The van der Waals surface area contributed by atoms with Crippen molar-refractivity contribution >= 4 is 11.8 Å². The number of nitrogens with one attached hydrogen (secondary N) is 1. The van der Waals surface area contributed by atoms with Crippen molar-refractivity contribution in [2.45, 2.75) is 51.1 Å². The molecule has 0 aliphatic carbocycles. The van der Waals surface area contributed by atoms with Gasteiger partial charge in [0.05, 0.1) is 0 Å². The second kappa shape index (κ2) is 6.87. The molecule has 3 heteroatoms. The smallest absolute Gasteiger partial charge is 0.0195 e. The van der Waals surface area contributed by atoms with Gasteiger partial charge in [-0.2, -0.15) is 11.8 Å². The van der Waals surface area contributed by atoms with Crippen LogP contribution in [-0.2, 0) is 0 Å². The first-order chi connectivity index (χ1) is 7.90. The minimum Gasteiger partial charge on any atom is -0.313 e. The lowest BCUT2D eigenvalue weighted by Gasteiger charge is -2.35. The summed E-state index contributed by atoms with van der Waals surface area (Å²) in [5.74, 6) is 2.75. The molecule has 2 fully saturated rings. The van der Waals surface area contributed by atoms with Gasteiger partial charge in [0.2, 0.25) is 0 Å². The molecular weight excluding hydrogens is 216 g/mol. The third kappa shape index (κ3) is 3.64. The first-order valence-electron chi connectivity index (χ1n) is 6.95. The molecule has 0 spiro atoms. The molecule has 1 N–H and O–H groups in total. The second-order valence-electron chi connectivity index (χ2n) is 5.16. The van der Waals surface area contributed by atoms with Gasteiger partial charge in [-0.05, 0) is 50.9 Å². The highest BCUT2D eigenvalue weighted by molar-refractivity contribution is 7.99. The van der Waals surface area contributed by atoms with Crippen LogP contribution in [0.15, 0.2) is 0 Å². The van der Waals surface area contributed by atoms with Gasteiger partial charge >= 0.3 is 0 Å². The van der Waals surface area contributed by atoms with Gasteiger partial charge in [-0.1, -0.05) is 6.92 Å². The molecule has 0 aromatic heterocycles. The normalized spacial score (nSPS) is 31.1. The van der Waals surface area contributed by atoms with Crippen molar-refractivity contribution < 1.29 is 0 Å². The Morgan fingerprint density at radius 2 is 2.25 bits per heavy atom. The maximum Gasteiger partial charge on any atom is 0.0195 e. The van der Waals surface area contributed by atoms with Crippen molar-refractivity contribution in [3.8, 4) is 0 Å². The average molecular weight is 242 g/mol. The van der Waals surface area contributed by atoms with Crippen LogP contribution in [0, 0.1) is 0 Å². The highest BCUT2D eigenvalue weighted by atomic mass is 32.2. The van der Waals surface area contributed by atoms with Gasteiger partial charge in [0.25, 0.3) is 0 Å². The van der Waals surface area contributed by atoms with Gasteiger partial charge in [0.1, 0.15) is 0 Å². The molecule has 2 aliphatic heterocycles. The summed E-state index contributed by atoms with van der Waals surface area (Å²) in [6.45, 7) is 6.14. The van der Waals surface area contributed by atoms with Gasteiger partial charge in [-0.3, -0.25) is 4.90 Å². The maximum atomic E-state index is 3.64. The van der Waals surface area contributed by atoms with E-state index < -0.39 is 0 Å². The fourth-order valence-corrected chi connectivity index (χ4v) is 4.10. The molecule has 0 bridgehead atoms. The van der Waals surface area contributed by atoms with Crippen LogP contribution in [0.2, 0.25) is 0 Å². The molecule has 2 atom stereocenters. The number of hydrogen-bond donors (Lipinski definition) is 1. The molecule has 2 unspecified atom stereocenters. The van der Waals surface area contributed by atoms with Crippen LogP contribution in [0.3, 0.4) is 0 Å². The molecule has 16 heavy (non-hydrogen) atoms. The largest absolute Gasteiger partial charge is 0.313 e. The van der Waals surface area contributed by atoms with Gasteiger partial charge in [-0.25, -0.2) is 0 Å². The zero-order valence-corrected chi connectivity index (χ0v) is 11.4. The quantitative estimate of drug-likeness (QED) is 0.797. The van der Waals surface area contributed by atoms with E-state index in [4.69, 9.17) is 0 Å². The highest BCUT2D eigenvalue weighted by Crippen LogP contribution is 2.22. The van der Waals surface area contributed by atoms with E-state index in [2.05, 4.69) is 28.9 Å². The van der Waals surface area contributed by atoms with Crippen molar-refractivity contribution in [2.75, 3.05) is 31.1 Å². The topological polar surface area (TPSA) is 15.3 Å². The number of thioether (sulfide) groups is 1. The summed E-state index contributed by atoms with van der Waals surface area (Å²) in [7, 11) is 0. The summed E-state index contributed by atoms with van der Waals surface area (Å²) in [6.07, 6.45) is 6.92. The molecule has 0 aromatic carbocycles. The summed E-state index contributed by atoms with van der Waals surface area (Å²) in [4.78, 5) is 2.76. The Kier molecular flexibility index (Phi) is 5.46. The van der Waals surface area contributed by atoms with Crippen LogP contribution in [-0.4, -0.2) is 48.1 Å². The van der Waals surface area contributed by atoms with Crippen molar-refractivity contribution in [3.05, 3.63) is 0 Å². The van der Waals surface area contributed by atoms with E-state index >= 15 is 0 Å². The van der Waals surface area contributed by atoms with E-state index in [1.165, 1.54) is 63.2 Å². The van der Waals surface area contributed by atoms with Gasteiger partial charge in [0.15, 0.2) is 0 Å². The van der Waals surface area contributed by atoms with E-state index in [1.807, 2.05) is 0 Å². The minimum absolute atomic E-state index is 0.776. The molecular formula is C13H26N2S. The van der Waals surface area contributed by atoms with E-state index in [9.17, 15) is 0 Å². The molecule has 2 saturated heterocycles. The van der Waals surface area contributed by atoms with Crippen LogP contribution in [0.4, 0.5) is 0 Å². The Hall–Kier alpha value is 0.270. The third-order valence-corrected chi connectivity index (χ3v) is 4.98. The SMILES string of the molecule is CCCN(CC1CCCN1)C1CCCSC1. The molecule has 94 valence electrons. The van der Waals surface area contributed by atoms with Crippen LogP contribution in [0.1, 0.15) is 39.0 Å². The zero-order chi connectivity index (χ0) is 11.2. The number of rotatable bonds is 5. The Labute approximate surface area is 105 Å². The molecule has 0 aromatic rings. The van der Waals surface area contributed by atoms with E-state index in [0.717, 1.165) is 12.1 Å². The first-order valence-corrected chi connectivity index (χ1v) is 8.11. The van der Waals surface area contributed by atoms with Gasteiger partial charge in [0, 0.05) is 24.4 Å². The van der Waals surface area contributed by atoms with Crippen LogP contribution < -0.4 is 5.32 Å². The number of hydrogen-bond acceptors (Lipinski definition) is 3. The Morgan fingerprint density at radius 1 is 1.31 bits per heavy atom. The van der Waals surface area contributed by atoms with Gasteiger partial charge in [-0.15, -0.1) is 0 Å². The van der Waals surface area contributed by atoms with Crippen LogP contribution in [0.25, 0.3) is 0 Å². The van der Waals surface area contributed by atoms with Crippen molar-refractivity contribution in [2.24, 2.45) is 0 Å². The predicted molar refractivity (Wildman–Crippen MR) is 73.2 cm³/mol. The summed E-state index contributed by atoms with van der Waals surface area (Å²) in [6, 6.07) is 1.64. The average Bonchev–Trinajstić information content (AvgIpc) is 2.83. The van der Waals surface area contributed by atoms with E-state index in [-0.39, 0.29) is 0 Å². The Morgan fingerprint density at radius 3 is 2.88 bits per heavy atom. The van der Waals surface area contributed by atoms with Crippen LogP contribution >= 0.6 is 11.8 Å². The predicted octanol–water partition coefficient (Wildman–Crippen LogP) is 2.35. The molecule has 0 radical (unpaired) electrons. The Balaban J connectivity index is 1.82. The van der Waals surface area contributed by atoms with E-state index in [0.29, 0.717) is 0 Å². The summed E-state index contributed by atoms with van der Waals surface area (Å²) < 4.78 is 0. The Bertz CT molecular complexity index is 186. The third-order valence-electron chi connectivity index (χ3n) is 3.78. The molecule has 2 aliphatic rings. The summed E-state index contributed by atoms with van der Waals surface area (Å²) >= 11 is 2.15. The molecule has 0 saturated carbocycles. The fraction of sp³-hybridized carbons (Fsp3) is 1.00. The van der Waals surface area contributed by atoms with E-state index in [1.54, 1.807) is 0 Å². The number of nitrogens with zero attached hydrogens (tertiary/aromatic N) is 1. The summed E-state index contributed by atoms with van der Waals surface area (Å²) in [5.41, 5.74) is 0. The maximum absolute atomic E-state index is 3.64. The van der Waals surface area contributed by atoms with Crippen molar-refractivity contribution in [3.63, 3.8) is 0 Å². The molecule has 2 rings (SSSR count). The lowest BCUT2D eigenvalue weighted by molar-refractivity contribution is 0.183. The first kappa shape index (κ1) is 12.7. The lowest BCUT2D eigenvalue weighted by atomic mass is 10.1. The lowest BCUT2D eigenvalue weighted by Crippen LogP contribution is -2.45. The molecule has 2 nitrogen and oxygen atoms in total. The minimum atomic E-state index is 0.776. The monoisotopic (exact) mass is 242 g/mol. The fourth-order valence-electron chi connectivity index (χ4n) is 2.92. The van der Waals surface area contributed by atoms with Crippen molar-refractivity contribution in [1.82, 2.24) is 10.2 Å². The van der Waals surface area contributed by atoms with Crippen LogP contribution in [0.5, 0.6) is 0 Å².